The molecule has 0 amide bonds. The Kier molecular flexibility index (Phi) is 7.36. The summed E-state index contributed by atoms with van der Waals surface area (Å²) < 4.78 is 7.46. The van der Waals surface area contributed by atoms with Crippen LogP contribution in [0.2, 0.25) is 0 Å². The van der Waals surface area contributed by atoms with Crippen LogP contribution >= 0.6 is 0 Å². The number of ether oxygens (including phenoxy) is 1. The molecular formula is C58H43NO. The SMILES string of the molecule is CC1(C)c2ccccc2-c2ccc(N(c3ccc4c(c3)C(C)(C)c3ccccc3-4)c3cccc4c3Oc3cccc(-c5ccccc5)c3-c3cc5ccccc5cc3-4)cc21. The van der Waals surface area contributed by atoms with Crippen molar-refractivity contribution in [3.8, 4) is 67.1 Å². The summed E-state index contributed by atoms with van der Waals surface area (Å²) in [5.74, 6) is 1.68. The Morgan fingerprint density at radius 2 is 0.867 bits per heavy atom. The number of nitrogens with zero attached hydrogens (tertiary/aromatic N) is 1. The molecule has 1 aliphatic heterocycles. The molecule has 3 aliphatic rings. The number of hydrogen-bond acceptors (Lipinski definition) is 2. The fraction of sp³-hybridized carbons (Fsp3) is 0.103. The van der Waals surface area contributed by atoms with Crippen molar-refractivity contribution >= 4 is 27.8 Å². The molecule has 286 valence electrons. The van der Waals surface area contributed by atoms with E-state index in [0.717, 1.165) is 56.4 Å². The van der Waals surface area contributed by atoms with Gasteiger partial charge in [0.05, 0.1) is 5.69 Å². The molecule has 0 aromatic heterocycles. The van der Waals surface area contributed by atoms with Crippen LogP contribution in [0.25, 0.3) is 66.4 Å². The van der Waals surface area contributed by atoms with Gasteiger partial charge in [-0.2, -0.15) is 0 Å². The lowest BCUT2D eigenvalue weighted by atomic mass is 9.82. The minimum atomic E-state index is -0.161. The smallest absolute Gasteiger partial charge is 0.159 e. The third-order valence-electron chi connectivity index (χ3n) is 13.7. The Morgan fingerprint density at radius 1 is 0.367 bits per heavy atom. The molecule has 2 heteroatoms. The summed E-state index contributed by atoms with van der Waals surface area (Å²) in [6, 6.07) is 69.3. The summed E-state index contributed by atoms with van der Waals surface area (Å²) in [5, 5.41) is 2.40. The number of fused-ring (bicyclic) bond motifs is 12. The summed E-state index contributed by atoms with van der Waals surface area (Å²) in [7, 11) is 0. The van der Waals surface area contributed by atoms with Crippen LogP contribution in [-0.4, -0.2) is 0 Å². The fourth-order valence-corrected chi connectivity index (χ4v) is 10.6. The van der Waals surface area contributed by atoms with Gasteiger partial charge in [0.2, 0.25) is 0 Å². The molecule has 0 spiro atoms. The Labute approximate surface area is 352 Å². The molecule has 1 heterocycles. The highest BCUT2D eigenvalue weighted by molar-refractivity contribution is 6.05. The van der Waals surface area contributed by atoms with Crippen LogP contribution in [-0.2, 0) is 10.8 Å². The monoisotopic (exact) mass is 769 g/mol. The molecule has 0 atom stereocenters. The topological polar surface area (TPSA) is 12.5 Å². The van der Waals surface area contributed by atoms with Gasteiger partial charge < -0.3 is 9.64 Å². The highest BCUT2D eigenvalue weighted by atomic mass is 16.5. The van der Waals surface area contributed by atoms with Crippen molar-refractivity contribution < 1.29 is 4.74 Å². The molecule has 0 radical (unpaired) electrons. The standard InChI is InChI=1S/C58H43NO/c1-57(2)49-24-12-10-20-42(49)44-30-28-39(34-51(44)57)59(40-29-31-45-43-21-11-13-25-50(43)58(3,4)52(45)35-40)53-26-14-23-46-47-32-37-18-8-9-19-38(37)33-48(47)55-41(36-16-6-5-7-17-36)22-15-27-54(55)60-56(46)53/h5-35H,1-4H3. The Bertz CT molecular complexity index is 3140. The van der Waals surface area contributed by atoms with E-state index >= 15 is 0 Å². The van der Waals surface area contributed by atoms with E-state index in [-0.39, 0.29) is 10.8 Å². The second-order valence-electron chi connectivity index (χ2n) is 17.7. The van der Waals surface area contributed by atoms with Crippen LogP contribution in [0.15, 0.2) is 188 Å². The van der Waals surface area contributed by atoms with E-state index in [1.807, 2.05) is 0 Å². The van der Waals surface area contributed by atoms with Crippen molar-refractivity contribution in [2.24, 2.45) is 0 Å². The van der Waals surface area contributed by atoms with Gasteiger partial charge in [0.25, 0.3) is 0 Å². The van der Waals surface area contributed by atoms with Gasteiger partial charge in [-0.05, 0) is 126 Å². The summed E-state index contributed by atoms with van der Waals surface area (Å²) in [6.07, 6.45) is 0. The molecule has 9 aromatic rings. The summed E-state index contributed by atoms with van der Waals surface area (Å²) >= 11 is 0. The highest BCUT2D eigenvalue weighted by Gasteiger charge is 2.38. The average Bonchev–Trinajstić information content (AvgIpc) is 3.58. The predicted octanol–water partition coefficient (Wildman–Crippen LogP) is 16.0. The van der Waals surface area contributed by atoms with Gasteiger partial charge in [0, 0.05) is 33.3 Å². The first-order valence-corrected chi connectivity index (χ1v) is 21.1. The molecule has 2 nitrogen and oxygen atoms in total. The molecule has 0 unspecified atom stereocenters. The zero-order valence-electron chi connectivity index (χ0n) is 34.3. The molecule has 60 heavy (non-hydrogen) atoms. The summed E-state index contributed by atoms with van der Waals surface area (Å²) in [5.41, 5.74) is 20.3. The van der Waals surface area contributed by atoms with Gasteiger partial charge in [-0.3, -0.25) is 0 Å². The highest BCUT2D eigenvalue weighted by Crippen LogP contribution is 2.58. The molecule has 0 N–H and O–H groups in total. The molecular weight excluding hydrogens is 727 g/mol. The van der Waals surface area contributed by atoms with Gasteiger partial charge in [0.1, 0.15) is 5.75 Å². The van der Waals surface area contributed by atoms with E-state index in [0.29, 0.717) is 0 Å². The van der Waals surface area contributed by atoms with Gasteiger partial charge >= 0.3 is 0 Å². The number of benzene rings is 9. The molecule has 0 fully saturated rings. The Balaban J connectivity index is 1.13. The Morgan fingerprint density at radius 3 is 1.50 bits per heavy atom. The van der Waals surface area contributed by atoms with Crippen molar-refractivity contribution in [1.29, 1.82) is 0 Å². The molecule has 2 aliphatic carbocycles. The van der Waals surface area contributed by atoms with Crippen molar-refractivity contribution in [3.63, 3.8) is 0 Å². The quantitative estimate of drug-likeness (QED) is 0.177. The maximum absolute atomic E-state index is 7.46. The first-order valence-electron chi connectivity index (χ1n) is 21.1. The molecule has 0 bridgehead atoms. The largest absolute Gasteiger partial charge is 0.454 e. The molecule has 12 rings (SSSR count). The molecule has 0 saturated carbocycles. The zero-order chi connectivity index (χ0) is 40.3. The lowest BCUT2D eigenvalue weighted by Crippen LogP contribution is -2.18. The van der Waals surface area contributed by atoms with E-state index in [4.69, 9.17) is 4.74 Å². The van der Waals surface area contributed by atoms with E-state index in [2.05, 4.69) is 221 Å². The molecule has 9 aromatic carbocycles. The number of para-hydroxylation sites is 1. The van der Waals surface area contributed by atoms with Gasteiger partial charge in [0.15, 0.2) is 5.75 Å². The number of anilines is 3. The number of hydrogen-bond donors (Lipinski definition) is 0. The van der Waals surface area contributed by atoms with Crippen molar-refractivity contribution in [1.82, 2.24) is 0 Å². The van der Waals surface area contributed by atoms with E-state index < -0.39 is 0 Å². The Hall–Kier alpha value is -7.16. The van der Waals surface area contributed by atoms with E-state index in [1.54, 1.807) is 0 Å². The van der Waals surface area contributed by atoms with Gasteiger partial charge in [-0.15, -0.1) is 0 Å². The normalized spacial score (nSPS) is 14.4. The van der Waals surface area contributed by atoms with Crippen molar-refractivity contribution in [2.45, 2.75) is 38.5 Å². The van der Waals surface area contributed by atoms with E-state index in [9.17, 15) is 0 Å². The minimum Gasteiger partial charge on any atom is -0.454 e. The van der Waals surface area contributed by atoms with Crippen LogP contribution in [0.4, 0.5) is 17.1 Å². The van der Waals surface area contributed by atoms with Crippen LogP contribution in [0, 0.1) is 0 Å². The second-order valence-corrected chi connectivity index (χ2v) is 17.7. The van der Waals surface area contributed by atoms with Crippen molar-refractivity contribution in [2.75, 3.05) is 4.90 Å². The fourth-order valence-electron chi connectivity index (χ4n) is 10.6. The first-order chi connectivity index (χ1) is 29.3. The van der Waals surface area contributed by atoms with Gasteiger partial charge in [-0.25, -0.2) is 0 Å². The third-order valence-corrected chi connectivity index (χ3v) is 13.7. The average molecular weight is 770 g/mol. The maximum Gasteiger partial charge on any atom is 0.159 e. The third kappa shape index (κ3) is 4.94. The van der Waals surface area contributed by atoms with E-state index in [1.165, 1.54) is 60.8 Å². The van der Waals surface area contributed by atoms with Crippen LogP contribution in [0.1, 0.15) is 49.9 Å². The minimum absolute atomic E-state index is 0.161. The summed E-state index contributed by atoms with van der Waals surface area (Å²) in [6.45, 7) is 9.45. The van der Waals surface area contributed by atoms with Gasteiger partial charge in [-0.1, -0.05) is 167 Å². The predicted molar refractivity (Wildman–Crippen MR) is 250 cm³/mol. The number of rotatable bonds is 4. The van der Waals surface area contributed by atoms with Crippen molar-refractivity contribution in [3.05, 3.63) is 210 Å². The first kappa shape index (κ1) is 34.8. The lowest BCUT2D eigenvalue weighted by Gasteiger charge is -2.31. The zero-order valence-corrected chi connectivity index (χ0v) is 34.3. The molecule has 0 saturated heterocycles. The van der Waals surface area contributed by atoms with Crippen LogP contribution < -0.4 is 9.64 Å². The van der Waals surface area contributed by atoms with Crippen LogP contribution in [0.3, 0.4) is 0 Å². The lowest BCUT2D eigenvalue weighted by molar-refractivity contribution is 0.489. The second kappa shape index (κ2) is 12.7. The maximum atomic E-state index is 7.46. The van der Waals surface area contributed by atoms with Crippen LogP contribution in [0.5, 0.6) is 11.5 Å². The summed E-state index contributed by atoms with van der Waals surface area (Å²) in [4.78, 5) is 2.45.